The highest BCUT2D eigenvalue weighted by atomic mass is 16.2. The number of likely N-dealkylation sites (tertiary alicyclic amines) is 1. The topological polar surface area (TPSA) is 87.5 Å². The van der Waals surface area contributed by atoms with Crippen LogP contribution >= 0.6 is 0 Å². The van der Waals surface area contributed by atoms with Gasteiger partial charge in [0.2, 0.25) is 11.8 Å². The van der Waals surface area contributed by atoms with Gasteiger partial charge in [-0.25, -0.2) is 0 Å². The summed E-state index contributed by atoms with van der Waals surface area (Å²) in [5.41, 5.74) is 5.98. The molecule has 4 bridgehead atoms. The molecule has 1 aromatic carbocycles. The largest absolute Gasteiger partial charge is 0.370 e. The van der Waals surface area contributed by atoms with E-state index in [9.17, 15) is 9.59 Å². The van der Waals surface area contributed by atoms with Crippen LogP contribution in [0.2, 0.25) is 0 Å². The summed E-state index contributed by atoms with van der Waals surface area (Å²) in [5, 5.41) is 6.68. The number of rotatable bonds is 8. The number of hydrogen-bond acceptors (Lipinski definition) is 4. The van der Waals surface area contributed by atoms with E-state index in [0.717, 1.165) is 32.5 Å². The smallest absolute Gasteiger partial charge is 0.240 e. The number of primary amides is 1. The molecule has 5 atom stereocenters. The normalized spacial score (nSPS) is 33.2. The van der Waals surface area contributed by atoms with E-state index in [-0.39, 0.29) is 24.2 Å². The van der Waals surface area contributed by atoms with Crippen molar-refractivity contribution in [1.82, 2.24) is 15.5 Å². The Kier molecular flexibility index (Phi) is 5.67. The Balaban J connectivity index is 1.63. The van der Waals surface area contributed by atoms with Crippen LogP contribution in [0.1, 0.15) is 32.3 Å². The molecule has 1 aromatic rings. The second-order valence-corrected chi connectivity index (χ2v) is 9.59. The molecule has 3 saturated heterocycles. The fourth-order valence-electron chi connectivity index (χ4n) is 6.15. The maximum absolute atomic E-state index is 13.5. The predicted octanol–water partition coefficient (Wildman–Crippen LogP) is 1.16. The molecule has 4 fully saturated rings. The first-order chi connectivity index (χ1) is 13.9. The molecule has 3 heterocycles. The molecule has 5 rings (SSSR count). The number of nitrogens with one attached hydrogen (secondary N) is 2. The van der Waals surface area contributed by atoms with Crippen LogP contribution in [0, 0.1) is 23.7 Å². The fourth-order valence-corrected chi connectivity index (χ4v) is 6.15. The molecule has 158 valence electrons. The molecule has 6 nitrogen and oxygen atoms in total. The Morgan fingerprint density at radius 1 is 1.31 bits per heavy atom. The lowest BCUT2D eigenvalue weighted by atomic mass is 9.58. The number of amides is 2. The Hall–Kier alpha value is -1.92. The first kappa shape index (κ1) is 20.4. The summed E-state index contributed by atoms with van der Waals surface area (Å²) in [4.78, 5) is 27.2. The first-order valence-corrected chi connectivity index (χ1v) is 11.0. The molecule has 0 aromatic heterocycles. The monoisotopic (exact) mass is 398 g/mol. The van der Waals surface area contributed by atoms with Crippen LogP contribution in [-0.2, 0) is 16.0 Å². The zero-order chi connectivity index (χ0) is 20.6. The summed E-state index contributed by atoms with van der Waals surface area (Å²) in [6, 6.07) is 11.0. The van der Waals surface area contributed by atoms with Crippen LogP contribution in [0.25, 0.3) is 0 Å². The molecule has 6 heteroatoms. The highest BCUT2D eigenvalue weighted by molar-refractivity contribution is 5.88. The van der Waals surface area contributed by atoms with E-state index in [1.54, 1.807) is 0 Å². The van der Waals surface area contributed by atoms with Crippen LogP contribution in [0.5, 0.6) is 0 Å². The third kappa shape index (κ3) is 3.80. The van der Waals surface area contributed by atoms with Gasteiger partial charge in [-0.1, -0.05) is 44.2 Å². The summed E-state index contributed by atoms with van der Waals surface area (Å²) in [6.07, 6.45) is 1.95. The molecule has 4 aliphatic rings. The van der Waals surface area contributed by atoms with Crippen molar-refractivity contribution >= 4 is 11.8 Å². The van der Waals surface area contributed by atoms with Crippen molar-refractivity contribution in [2.24, 2.45) is 29.4 Å². The minimum absolute atomic E-state index is 0.0410. The van der Waals surface area contributed by atoms with Gasteiger partial charge in [0.05, 0.1) is 0 Å². The average molecular weight is 399 g/mol. The lowest BCUT2D eigenvalue weighted by Crippen LogP contribution is -2.74. The minimum Gasteiger partial charge on any atom is -0.370 e. The van der Waals surface area contributed by atoms with Gasteiger partial charge in [-0.3, -0.25) is 14.5 Å². The molecule has 1 saturated carbocycles. The summed E-state index contributed by atoms with van der Waals surface area (Å²) >= 11 is 0. The minimum atomic E-state index is -0.566. The van der Waals surface area contributed by atoms with E-state index in [2.05, 4.69) is 53.6 Å². The number of nitrogens with zero attached hydrogens (tertiary/aromatic N) is 1. The van der Waals surface area contributed by atoms with Gasteiger partial charge in [-0.2, -0.15) is 0 Å². The molecule has 0 spiro atoms. The van der Waals surface area contributed by atoms with Crippen LogP contribution < -0.4 is 16.4 Å². The molecule has 1 aliphatic carbocycles. The Morgan fingerprint density at radius 2 is 2.07 bits per heavy atom. The van der Waals surface area contributed by atoms with Gasteiger partial charge >= 0.3 is 0 Å². The number of piperidine rings is 2. The highest BCUT2D eigenvalue weighted by Gasteiger charge is 2.64. The van der Waals surface area contributed by atoms with Gasteiger partial charge in [0, 0.05) is 44.6 Å². The van der Waals surface area contributed by atoms with E-state index in [0.29, 0.717) is 30.3 Å². The lowest BCUT2D eigenvalue weighted by Gasteiger charge is -2.56. The van der Waals surface area contributed by atoms with Gasteiger partial charge in [0.25, 0.3) is 0 Å². The van der Waals surface area contributed by atoms with E-state index < -0.39 is 5.54 Å². The molecular weight excluding hydrogens is 364 g/mol. The van der Waals surface area contributed by atoms with Crippen molar-refractivity contribution in [2.45, 2.75) is 44.7 Å². The molecular formula is C23H34N4O2. The van der Waals surface area contributed by atoms with Crippen LogP contribution in [0.15, 0.2) is 30.3 Å². The van der Waals surface area contributed by atoms with Gasteiger partial charge in [0.15, 0.2) is 0 Å². The second kappa shape index (κ2) is 8.07. The summed E-state index contributed by atoms with van der Waals surface area (Å²) in [5.74, 6) is 1.66. The lowest BCUT2D eigenvalue weighted by molar-refractivity contribution is -0.138. The van der Waals surface area contributed by atoms with Crippen LogP contribution in [0.4, 0.5) is 0 Å². The van der Waals surface area contributed by atoms with E-state index in [4.69, 9.17) is 5.73 Å². The maximum Gasteiger partial charge on any atom is 0.240 e. The first-order valence-electron chi connectivity index (χ1n) is 11.0. The predicted molar refractivity (Wildman–Crippen MR) is 113 cm³/mol. The highest BCUT2D eigenvalue weighted by Crippen LogP contribution is 2.52. The Bertz CT molecular complexity index is 753. The van der Waals surface area contributed by atoms with Crippen LogP contribution in [0.3, 0.4) is 0 Å². The van der Waals surface area contributed by atoms with Crippen molar-refractivity contribution in [3.8, 4) is 0 Å². The number of nitrogens with two attached hydrogens (primary N) is 1. The fraction of sp³-hybridized carbons (Fsp3) is 0.652. The van der Waals surface area contributed by atoms with Crippen molar-refractivity contribution in [1.29, 1.82) is 0 Å². The quantitative estimate of drug-likeness (QED) is 0.613. The standard InChI is InChI=1S/C23H34N4O2/c1-15(2)13-27-14-17-11-23(22(29)25-9-8-20(24)28)19(21(27)18(17)12-26-23)10-16-6-4-3-5-7-16/h3-7,15,17-19,21,26H,8-14H2,1-2H3,(H2,24,28)(H,25,29). The SMILES string of the molecule is CC(C)CN1CC2CC3(C(=O)NCCC(N)=O)NCC2C1C3Cc1ccccc1. The third-order valence-corrected chi connectivity index (χ3v) is 7.18. The van der Waals surface area contributed by atoms with Gasteiger partial charge in [-0.15, -0.1) is 0 Å². The van der Waals surface area contributed by atoms with Gasteiger partial charge in [0.1, 0.15) is 5.54 Å². The van der Waals surface area contributed by atoms with Crippen molar-refractivity contribution in [2.75, 3.05) is 26.2 Å². The molecule has 29 heavy (non-hydrogen) atoms. The van der Waals surface area contributed by atoms with Crippen LogP contribution in [-0.4, -0.2) is 54.5 Å². The number of fused-ring (bicyclic) bond motifs is 1. The van der Waals surface area contributed by atoms with Crippen molar-refractivity contribution < 1.29 is 9.59 Å². The Morgan fingerprint density at radius 3 is 2.76 bits per heavy atom. The van der Waals surface area contributed by atoms with Gasteiger partial charge in [-0.05, 0) is 36.2 Å². The summed E-state index contributed by atoms with van der Waals surface area (Å²) < 4.78 is 0. The number of benzene rings is 1. The van der Waals surface area contributed by atoms with E-state index in [1.165, 1.54) is 5.56 Å². The average Bonchev–Trinajstić information content (AvgIpc) is 2.97. The zero-order valence-electron chi connectivity index (χ0n) is 17.6. The molecule has 3 aliphatic heterocycles. The van der Waals surface area contributed by atoms with Gasteiger partial charge < -0.3 is 16.4 Å². The third-order valence-electron chi connectivity index (χ3n) is 7.18. The Labute approximate surface area is 173 Å². The number of carbonyl (C=O) groups excluding carboxylic acids is 2. The molecule has 5 unspecified atom stereocenters. The number of carbonyl (C=O) groups is 2. The second-order valence-electron chi connectivity index (χ2n) is 9.59. The van der Waals surface area contributed by atoms with E-state index in [1.807, 2.05) is 6.07 Å². The molecule has 0 radical (unpaired) electrons. The number of hydrogen-bond donors (Lipinski definition) is 3. The van der Waals surface area contributed by atoms with Crippen molar-refractivity contribution in [3.63, 3.8) is 0 Å². The molecule has 4 N–H and O–H groups in total. The summed E-state index contributed by atoms with van der Waals surface area (Å²) in [7, 11) is 0. The van der Waals surface area contributed by atoms with E-state index >= 15 is 0 Å². The summed E-state index contributed by atoms with van der Waals surface area (Å²) in [6.45, 7) is 7.94. The zero-order valence-corrected chi connectivity index (χ0v) is 17.6. The molecule has 2 amide bonds. The maximum atomic E-state index is 13.5. The van der Waals surface area contributed by atoms with Crippen molar-refractivity contribution in [3.05, 3.63) is 35.9 Å².